The van der Waals surface area contributed by atoms with Crippen molar-refractivity contribution in [2.24, 2.45) is 0 Å². The predicted octanol–water partition coefficient (Wildman–Crippen LogP) is 0.0477. The molecule has 1 aliphatic heterocycles. The van der Waals surface area contributed by atoms with Crippen LogP contribution >= 0.6 is 0 Å². The normalized spacial score (nSPS) is 16.8. The van der Waals surface area contributed by atoms with Crippen LogP contribution in [0.15, 0.2) is 12.1 Å². The molecule has 92 valence electrons. The third-order valence-corrected chi connectivity index (χ3v) is 2.87. The van der Waals surface area contributed by atoms with Crippen molar-refractivity contribution in [3.8, 4) is 6.07 Å². The Morgan fingerprint density at radius 2 is 2.00 bits per heavy atom. The number of Topliss-reactive ketones (excluding diaryl/α,β-unsaturated/α-hetero) is 1. The van der Waals surface area contributed by atoms with E-state index in [4.69, 9.17) is 5.26 Å². The van der Waals surface area contributed by atoms with Gasteiger partial charge in [-0.1, -0.05) is 6.07 Å². The number of carbonyl (C=O) groups excluding carboxylic acids is 2. The number of ketones is 1. The average molecular weight is 246 g/mol. The third kappa shape index (κ3) is 1.66. The van der Waals surface area contributed by atoms with Gasteiger partial charge in [-0.3, -0.25) is 9.59 Å². The molecule has 18 heavy (non-hydrogen) atoms. The fourth-order valence-corrected chi connectivity index (χ4v) is 1.97. The maximum Gasteiger partial charge on any atom is 0.296 e. The molecule has 1 aromatic rings. The summed E-state index contributed by atoms with van der Waals surface area (Å²) < 4.78 is 0. The van der Waals surface area contributed by atoms with Gasteiger partial charge >= 0.3 is 0 Å². The van der Waals surface area contributed by atoms with Crippen molar-refractivity contribution in [2.75, 3.05) is 5.32 Å². The molecule has 6 nitrogen and oxygen atoms in total. The van der Waals surface area contributed by atoms with E-state index in [0.29, 0.717) is 5.56 Å². The number of nitrogens with zero attached hydrogens (tertiary/aromatic N) is 1. The molecule has 1 aliphatic rings. The highest BCUT2D eigenvalue weighted by atomic mass is 16.3. The first-order valence-corrected chi connectivity index (χ1v) is 5.22. The number of carbonyl (C=O) groups is 2. The quantitative estimate of drug-likeness (QED) is 0.504. The summed E-state index contributed by atoms with van der Waals surface area (Å²) in [6.45, 7) is 1.62. The molecule has 0 aromatic heterocycles. The van der Waals surface area contributed by atoms with Crippen molar-refractivity contribution >= 4 is 17.4 Å². The predicted molar refractivity (Wildman–Crippen MR) is 60.7 cm³/mol. The van der Waals surface area contributed by atoms with E-state index in [2.05, 4.69) is 5.32 Å². The summed E-state index contributed by atoms with van der Waals surface area (Å²) in [5.74, 6) is -1.55. The molecular formula is C12H10N2O4. The van der Waals surface area contributed by atoms with E-state index in [-0.39, 0.29) is 16.8 Å². The van der Waals surface area contributed by atoms with Crippen molar-refractivity contribution in [3.63, 3.8) is 0 Å². The Labute approximate surface area is 102 Å². The highest BCUT2D eigenvalue weighted by molar-refractivity contribution is 6.52. The van der Waals surface area contributed by atoms with Gasteiger partial charge in [-0.2, -0.15) is 5.26 Å². The van der Waals surface area contributed by atoms with Gasteiger partial charge in [0.2, 0.25) is 0 Å². The van der Waals surface area contributed by atoms with E-state index < -0.39 is 23.9 Å². The van der Waals surface area contributed by atoms with Crippen LogP contribution in [0.5, 0.6) is 0 Å². The summed E-state index contributed by atoms with van der Waals surface area (Å²) in [5.41, 5.74) is 0.960. The van der Waals surface area contributed by atoms with Crippen molar-refractivity contribution in [2.45, 2.75) is 19.1 Å². The van der Waals surface area contributed by atoms with Gasteiger partial charge in [0, 0.05) is 5.56 Å². The number of nitrogens with one attached hydrogen (secondary N) is 1. The highest BCUT2D eigenvalue weighted by Crippen LogP contribution is 2.33. The highest BCUT2D eigenvalue weighted by Gasteiger charge is 2.35. The number of hydrogen-bond donors (Lipinski definition) is 3. The number of aliphatic hydroxyl groups excluding tert-OH is 2. The Morgan fingerprint density at radius 1 is 1.33 bits per heavy atom. The standard InChI is InChI=1S/C12H10N2O4/c1-5-2-3-6-9(11(17)12(18)14-6)8(5)10(16)7(15)4-13/h2-3,7,10,15-16H,1H3,(H,14,17,18). The van der Waals surface area contributed by atoms with E-state index in [0.717, 1.165) is 0 Å². The van der Waals surface area contributed by atoms with Crippen molar-refractivity contribution < 1.29 is 19.8 Å². The molecule has 1 amide bonds. The number of hydrogen-bond acceptors (Lipinski definition) is 5. The number of aliphatic hydroxyl groups is 2. The minimum atomic E-state index is -1.65. The number of amides is 1. The second kappa shape index (κ2) is 4.22. The Hall–Kier alpha value is -2.23. The summed E-state index contributed by atoms with van der Waals surface area (Å²) in [6.07, 6.45) is -3.18. The molecule has 1 aromatic carbocycles. The van der Waals surface area contributed by atoms with Crippen LogP contribution in [0.2, 0.25) is 0 Å². The Bertz CT molecular complexity index is 588. The first-order valence-electron chi connectivity index (χ1n) is 5.22. The van der Waals surface area contributed by atoms with Crippen LogP contribution in [0.3, 0.4) is 0 Å². The number of fused-ring (bicyclic) bond motifs is 1. The Kier molecular flexibility index (Phi) is 2.87. The van der Waals surface area contributed by atoms with Crippen LogP contribution in [0.4, 0.5) is 5.69 Å². The van der Waals surface area contributed by atoms with E-state index in [1.165, 1.54) is 6.07 Å². The lowest BCUT2D eigenvalue weighted by Gasteiger charge is -2.17. The monoisotopic (exact) mass is 246 g/mol. The maximum absolute atomic E-state index is 11.7. The lowest BCUT2D eigenvalue weighted by Crippen LogP contribution is -2.20. The van der Waals surface area contributed by atoms with Gasteiger partial charge in [0.1, 0.15) is 6.10 Å². The largest absolute Gasteiger partial charge is 0.385 e. The lowest BCUT2D eigenvalue weighted by molar-refractivity contribution is -0.112. The molecule has 2 rings (SSSR count). The number of nitriles is 1. The minimum absolute atomic E-state index is 0.0294. The molecule has 2 unspecified atom stereocenters. The molecule has 3 N–H and O–H groups in total. The molecule has 0 fully saturated rings. The van der Waals surface area contributed by atoms with E-state index in [1.807, 2.05) is 0 Å². The topological polar surface area (TPSA) is 110 Å². The number of anilines is 1. The molecule has 6 heteroatoms. The molecule has 2 atom stereocenters. The SMILES string of the molecule is Cc1ccc2c(c1C(O)C(O)C#N)C(=O)C(=O)N2. The zero-order valence-corrected chi connectivity index (χ0v) is 9.47. The van der Waals surface area contributed by atoms with Crippen molar-refractivity contribution in [3.05, 3.63) is 28.8 Å². The summed E-state index contributed by atoms with van der Waals surface area (Å²) in [4.78, 5) is 23.0. The van der Waals surface area contributed by atoms with Crippen molar-refractivity contribution in [1.29, 1.82) is 5.26 Å². The van der Waals surface area contributed by atoms with Crippen LogP contribution in [0, 0.1) is 18.3 Å². The fraction of sp³-hybridized carbons (Fsp3) is 0.250. The molecule has 0 spiro atoms. The molecule has 0 saturated carbocycles. The van der Waals surface area contributed by atoms with E-state index >= 15 is 0 Å². The van der Waals surface area contributed by atoms with Gasteiger partial charge in [0.05, 0.1) is 17.3 Å². The molecule has 0 aliphatic carbocycles. The Morgan fingerprint density at radius 3 is 2.61 bits per heavy atom. The summed E-state index contributed by atoms with van der Waals surface area (Å²) in [6, 6.07) is 4.64. The Balaban J connectivity index is 2.63. The van der Waals surface area contributed by atoms with Crippen molar-refractivity contribution in [1.82, 2.24) is 0 Å². The molecule has 0 radical (unpaired) electrons. The second-order valence-corrected chi connectivity index (χ2v) is 4.02. The minimum Gasteiger partial charge on any atom is -0.385 e. The van der Waals surface area contributed by atoms with Crippen LogP contribution in [-0.4, -0.2) is 28.0 Å². The lowest BCUT2D eigenvalue weighted by atomic mass is 9.92. The van der Waals surface area contributed by atoms with Gasteiger partial charge in [0.25, 0.3) is 11.7 Å². The van der Waals surface area contributed by atoms with Gasteiger partial charge in [0.15, 0.2) is 6.10 Å². The van der Waals surface area contributed by atoms with E-state index in [9.17, 15) is 19.8 Å². The number of benzene rings is 1. The zero-order valence-electron chi connectivity index (χ0n) is 9.47. The summed E-state index contributed by atoms with van der Waals surface area (Å²) >= 11 is 0. The molecule has 0 saturated heterocycles. The second-order valence-electron chi connectivity index (χ2n) is 4.02. The summed E-state index contributed by atoms with van der Waals surface area (Å²) in [7, 11) is 0. The average Bonchev–Trinajstić information content (AvgIpc) is 2.64. The first-order chi connectivity index (χ1) is 8.47. The van der Waals surface area contributed by atoms with Crippen LogP contribution in [-0.2, 0) is 4.79 Å². The van der Waals surface area contributed by atoms with Gasteiger partial charge in [-0.05, 0) is 18.6 Å². The van der Waals surface area contributed by atoms with Crippen LogP contribution in [0.25, 0.3) is 0 Å². The van der Waals surface area contributed by atoms with E-state index in [1.54, 1.807) is 19.1 Å². The van der Waals surface area contributed by atoms with Crippen LogP contribution in [0.1, 0.15) is 27.6 Å². The molecule has 1 heterocycles. The third-order valence-electron chi connectivity index (χ3n) is 2.87. The molecule has 0 bridgehead atoms. The summed E-state index contributed by atoms with van der Waals surface area (Å²) in [5, 5.41) is 30.2. The van der Waals surface area contributed by atoms with Gasteiger partial charge in [-0.25, -0.2) is 0 Å². The maximum atomic E-state index is 11.7. The van der Waals surface area contributed by atoms with Crippen LogP contribution < -0.4 is 5.32 Å². The van der Waals surface area contributed by atoms with Gasteiger partial charge in [-0.15, -0.1) is 0 Å². The fourth-order valence-electron chi connectivity index (χ4n) is 1.97. The molecular weight excluding hydrogens is 236 g/mol. The zero-order chi connectivity index (χ0) is 13.4. The van der Waals surface area contributed by atoms with Gasteiger partial charge < -0.3 is 15.5 Å². The number of aryl methyl sites for hydroxylation is 1. The number of rotatable bonds is 2. The smallest absolute Gasteiger partial charge is 0.296 e. The first kappa shape index (κ1) is 12.2.